The van der Waals surface area contributed by atoms with Crippen LogP contribution in [0.15, 0.2) is 23.7 Å². The zero-order valence-corrected chi connectivity index (χ0v) is 17.0. The van der Waals surface area contributed by atoms with Gasteiger partial charge in [0.15, 0.2) is 0 Å². The maximum Gasteiger partial charge on any atom is 0.224 e. The van der Waals surface area contributed by atoms with E-state index in [2.05, 4.69) is 44.5 Å². The van der Waals surface area contributed by atoms with Gasteiger partial charge in [-0.05, 0) is 55.7 Å². The molecular weight excluding hydrogens is 356 g/mol. The van der Waals surface area contributed by atoms with Crippen molar-refractivity contribution in [3.63, 3.8) is 0 Å². The van der Waals surface area contributed by atoms with E-state index in [4.69, 9.17) is 0 Å². The molecule has 2 aliphatic rings. The summed E-state index contributed by atoms with van der Waals surface area (Å²) in [6.07, 6.45) is 6.53. The van der Waals surface area contributed by atoms with E-state index in [1.54, 1.807) is 11.3 Å². The highest BCUT2D eigenvalue weighted by molar-refractivity contribution is 7.17. The number of nitrogens with one attached hydrogen (secondary N) is 1. The first-order valence-corrected chi connectivity index (χ1v) is 11.2. The summed E-state index contributed by atoms with van der Waals surface area (Å²) >= 11 is 1.75. The SMILES string of the molecule is CC1CCCN(CCNC(=O)C2CCCN(c3nccc4sccc34)C2)C1. The number of likely N-dealkylation sites (tertiary alicyclic amines) is 1. The van der Waals surface area contributed by atoms with E-state index in [1.165, 1.54) is 36.0 Å². The molecule has 6 heteroatoms. The summed E-state index contributed by atoms with van der Waals surface area (Å²) in [5.41, 5.74) is 0. The zero-order chi connectivity index (χ0) is 18.6. The van der Waals surface area contributed by atoms with E-state index < -0.39 is 0 Å². The molecule has 1 amide bonds. The molecule has 0 bridgehead atoms. The lowest BCUT2D eigenvalue weighted by molar-refractivity contribution is -0.125. The summed E-state index contributed by atoms with van der Waals surface area (Å²) in [6.45, 7) is 8.16. The van der Waals surface area contributed by atoms with Crippen molar-refractivity contribution in [2.75, 3.05) is 44.2 Å². The van der Waals surface area contributed by atoms with Crippen LogP contribution in [0.25, 0.3) is 10.1 Å². The van der Waals surface area contributed by atoms with E-state index >= 15 is 0 Å². The van der Waals surface area contributed by atoms with Crippen LogP contribution in [0.4, 0.5) is 5.82 Å². The lowest BCUT2D eigenvalue weighted by atomic mass is 9.97. The molecule has 0 saturated carbocycles. The number of amides is 1. The third-order valence-corrected chi connectivity index (χ3v) is 6.80. The van der Waals surface area contributed by atoms with E-state index in [9.17, 15) is 4.79 Å². The number of carbonyl (C=O) groups excluding carboxylic acids is 1. The van der Waals surface area contributed by atoms with Crippen LogP contribution in [-0.2, 0) is 4.79 Å². The van der Waals surface area contributed by atoms with Gasteiger partial charge in [0.1, 0.15) is 5.82 Å². The van der Waals surface area contributed by atoms with Gasteiger partial charge < -0.3 is 15.1 Å². The highest BCUT2D eigenvalue weighted by Crippen LogP contribution is 2.31. The number of aromatic nitrogens is 1. The number of nitrogens with zero attached hydrogens (tertiary/aromatic N) is 3. The summed E-state index contributed by atoms with van der Waals surface area (Å²) in [7, 11) is 0. The average molecular weight is 387 g/mol. The third kappa shape index (κ3) is 4.43. The van der Waals surface area contributed by atoms with Crippen LogP contribution in [0.3, 0.4) is 0 Å². The monoisotopic (exact) mass is 386 g/mol. The van der Waals surface area contributed by atoms with E-state index in [0.717, 1.165) is 50.8 Å². The number of piperidine rings is 2. The van der Waals surface area contributed by atoms with Crippen molar-refractivity contribution in [3.8, 4) is 0 Å². The minimum atomic E-state index is 0.0646. The second kappa shape index (κ2) is 8.57. The first-order valence-electron chi connectivity index (χ1n) is 10.3. The summed E-state index contributed by atoms with van der Waals surface area (Å²) < 4.78 is 1.27. The highest BCUT2D eigenvalue weighted by atomic mass is 32.1. The standard InChI is InChI=1S/C21H30N4OS/c1-16-4-2-10-24(14-16)12-9-23-21(26)17-5-3-11-25(15-17)20-18-7-13-27-19(18)6-8-22-20/h6-8,13,16-17H,2-5,9-12,14-15H2,1H3,(H,23,26). The second-order valence-corrected chi connectivity index (χ2v) is 9.04. The number of thiophene rings is 1. The Morgan fingerprint density at radius 3 is 3.04 bits per heavy atom. The van der Waals surface area contributed by atoms with Gasteiger partial charge in [0.05, 0.1) is 5.92 Å². The maximum atomic E-state index is 12.7. The molecule has 0 radical (unpaired) electrons. The Labute approximate surface area is 165 Å². The number of rotatable bonds is 5. The molecule has 2 aliphatic heterocycles. The molecule has 0 aliphatic carbocycles. The molecule has 4 rings (SSSR count). The van der Waals surface area contributed by atoms with Crippen molar-refractivity contribution in [3.05, 3.63) is 23.7 Å². The average Bonchev–Trinajstić information content (AvgIpc) is 3.17. The molecule has 2 aromatic heterocycles. The quantitative estimate of drug-likeness (QED) is 0.856. The van der Waals surface area contributed by atoms with Gasteiger partial charge in [-0.15, -0.1) is 11.3 Å². The van der Waals surface area contributed by atoms with Gasteiger partial charge in [-0.1, -0.05) is 6.92 Å². The second-order valence-electron chi connectivity index (χ2n) is 8.09. The fourth-order valence-electron chi connectivity index (χ4n) is 4.49. The first kappa shape index (κ1) is 18.7. The van der Waals surface area contributed by atoms with Gasteiger partial charge in [-0.2, -0.15) is 0 Å². The molecule has 2 unspecified atom stereocenters. The van der Waals surface area contributed by atoms with E-state index in [-0.39, 0.29) is 11.8 Å². The van der Waals surface area contributed by atoms with Crippen molar-refractivity contribution in [2.45, 2.75) is 32.6 Å². The van der Waals surface area contributed by atoms with Crippen LogP contribution in [0.1, 0.15) is 32.6 Å². The lowest BCUT2D eigenvalue weighted by Gasteiger charge is -2.34. The van der Waals surface area contributed by atoms with Gasteiger partial charge >= 0.3 is 0 Å². The molecule has 1 N–H and O–H groups in total. The normalized spacial score (nSPS) is 24.3. The Bertz CT molecular complexity index is 776. The van der Waals surface area contributed by atoms with Crippen molar-refractivity contribution in [2.24, 2.45) is 11.8 Å². The Hall–Kier alpha value is -1.66. The minimum Gasteiger partial charge on any atom is -0.355 e. The number of anilines is 1. The Balaban J connectivity index is 1.31. The molecule has 4 heterocycles. The number of hydrogen-bond donors (Lipinski definition) is 1. The van der Waals surface area contributed by atoms with Crippen LogP contribution >= 0.6 is 11.3 Å². The van der Waals surface area contributed by atoms with Crippen LogP contribution < -0.4 is 10.2 Å². The number of hydrogen-bond acceptors (Lipinski definition) is 5. The predicted octanol–water partition coefficient (Wildman–Crippen LogP) is 3.36. The number of pyridine rings is 1. The molecule has 2 atom stereocenters. The van der Waals surface area contributed by atoms with Crippen molar-refractivity contribution < 1.29 is 4.79 Å². The maximum absolute atomic E-state index is 12.7. The molecule has 2 aromatic rings. The Kier molecular flexibility index (Phi) is 5.93. The Morgan fingerprint density at radius 1 is 1.26 bits per heavy atom. The van der Waals surface area contributed by atoms with Gasteiger partial charge in [-0.3, -0.25) is 4.79 Å². The fraction of sp³-hybridized carbons (Fsp3) is 0.619. The topological polar surface area (TPSA) is 48.5 Å². The van der Waals surface area contributed by atoms with Gasteiger partial charge in [0, 0.05) is 49.0 Å². The van der Waals surface area contributed by atoms with Crippen LogP contribution in [0.2, 0.25) is 0 Å². The molecule has 5 nitrogen and oxygen atoms in total. The number of carbonyl (C=O) groups is 1. The van der Waals surface area contributed by atoms with Gasteiger partial charge in [0.2, 0.25) is 5.91 Å². The number of fused-ring (bicyclic) bond motifs is 1. The summed E-state index contributed by atoms with van der Waals surface area (Å²) in [5, 5.41) is 6.52. The van der Waals surface area contributed by atoms with Crippen LogP contribution in [0.5, 0.6) is 0 Å². The van der Waals surface area contributed by atoms with Crippen LogP contribution in [-0.4, -0.2) is 55.1 Å². The summed E-state index contributed by atoms with van der Waals surface area (Å²) in [5.74, 6) is 2.10. The molecule has 2 saturated heterocycles. The van der Waals surface area contributed by atoms with Crippen molar-refractivity contribution >= 4 is 33.1 Å². The molecule has 146 valence electrons. The zero-order valence-electron chi connectivity index (χ0n) is 16.2. The summed E-state index contributed by atoms with van der Waals surface area (Å²) in [4.78, 5) is 22.1. The van der Waals surface area contributed by atoms with E-state index in [0.29, 0.717) is 0 Å². The fourth-order valence-corrected chi connectivity index (χ4v) is 5.26. The largest absolute Gasteiger partial charge is 0.355 e. The predicted molar refractivity (Wildman–Crippen MR) is 112 cm³/mol. The highest BCUT2D eigenvalue weighted by Gasteiger charge is 2.27. The smallest absolute Gasteiger partial charge is 0.224 e. The molecule has 0 aromatic carbocycles. The molecule has 2 fully saturated rings. The van der Waals surface area contributed by atoms with Crippen LogP contribution in [0, 0.1) is 11.8 Å². The molecule has 27 heavy (non-hydrogen) atoms. The van der Waals surface area contributed by atoms with Gasteiger partial charge in [0.25, 0.3) is 0 Å². The minimum absolute atomic E-state index is 0.0646. The lowest BCUT2D eigenvalue weighted by Crippen LogP contribution is -2.45. The third-order valence-electron chi connectivity index (χ3n) is 5.92. The first-order chi connectivity index (χ1) is 13.2. The molecule has 0 spiro atoms. The Morgan fingerprint density at radius 2 is 2.15 bits per heavy atom. The summed E-state index contributed by atoms with van der Waals surface area (Å²) in [6, 6.07) is 4.21. The van der Waals surface area contributed by atoms with Gasteiger partial charge in [-0.25, -0.2) is 4.98 Å². The van der Waals surface area contributed by atoms with Crippen molar-refractivity contribution in [1.82, 2.24) is 15.2 Å². The van der Waals surface area contributed by atoms with Crippen molar-refractivity contribution in [1.29, 1.82) is 0 Å². The van der Waals surface area contributed by atoms with E-state index in [1.807, 2.05) is 6.20 Å². The molecular formula is C21H30N4OS.